The van der Waals surface area contributed by atoms with Crippen LogP contribution in [0, 0.1) is 41.4 Å². The number of hydrogen-bond acceptors (Lipinski definition) is 5. The van der Waals surface area contributed by atoms with E-state index in [1.54, 1.807) is 0 Å². The van der Waals surface area contributed by atoms with Crippen LogP contribution in [0.3, 0.4) is 0 Å². The summed E-state index contributed by atoms with van der Waals surface area (Å²) < 4.78 is 8.55. The minimum atomic E-state index is -0.684. The molecule has 6 aliphatic carbocycles. The summed E-state index contributed by atoms with van der Waals surface area (Å²) in [5, 5.41) is 10.1. The molecule has 0 saturated carbocycles. The summed E-state index contributed by atoms with van der Waals surface area (Å²) in [5.74, 6) is 0.638. The fraction of sp³-hybridized carbons (Fsp3) is 0.612. The molecule has 1 fully saturated rings. The molecular formula is C49H71N3O4+2. The first kappa shape index (κ1) is 42.1. The summed E-state index contributed by atoms with van der Waals surface area (Å²) in [6.07, 6.45) is 36.3. The first-order valence-electron chi connectivity index (χ1n) is 21.5. The van der Waals surface area contributed by atoms with E-state index in [2.05, 4.69) is 116 Å². The highest BCUT2D eigenvalue weighted by Crippen LogP contribution is 2.56. The Labute approximate surface area is 339 Å². The van der Waals surface area contributed by atoms with Crippen molar-refractivity contribution in [1.29, 1.82) is 0 Å². The van der Waals surface area contributed by atoms with E-state index in [1.165, 1.54) is 27.9 Å². The highest BCUT2D eigenvalue weighted by atomic mass is 16.6. The number of allylic oxidation sites excluding steroid dienone is 12. The van der Waals surface area contributed by atoms with E-state index in [4.69, 9.17) is 4.74 Å². The predicted molar refractivity (Wildman–Crippen MR) is 230 cm³/mol. The quantitative estimate of drug-likeness (QED) is 0.159. The largest absolute Gasteiger partial charge is 1.00 e. The number of aliphatic carboxylic acids is 1. The molecule has 0 aromatic heterocycles. The normalized spacial score (nSPS) is 35.3. The maximum absolute atomic E-state index is 13.0. The second kappa shape index (κ2) is 17.9. The van der Waals surface area contributed by atoms with Crippen LogP contribution in [0.2, 0.25) is 0 Å². The van der Waals surface area contributed by atoms with Crippen molar-refractivity contribution in [1.82, 2.24) is 9.80 Å². The van der Waals surface area contributed by atoms with Crippen molar-refractivity contribution in [2.24, 2.45) is 41.4 Å². The second-order valence-corrected chi connectivity index (χ2v) is 18.7. The summed E-state index contributed by atoms with van der Waals surface area (Å²) in [5.41, 5.74) is 7.53. The standard InChI is InChI=1S/C25H34N2O2.C24H35NO2/c1-17-6-8-18(9-7-17)24(19-10-12-20(13-11-19)26(2)3)22-15-14-21(27(4)5)16-23(22)25(28)29;1-16-5-8-18(9-6-16)24(19-10-12-20(13-11-19)25(3)4)22-14-7-17(2)15-21(22)23(26)27-24/h6,10-15,18,21-23H,7-9,16H2,1-5H3;5,10,12,14,17-21H,6-9,11,13,15H2,1-4H3/p+2. The van der Waals surface area contributed by atoms with Gasteiger partial charge in [0.05, 0.1) is 11.8 Å². The molecule has 0 aromatic carbocycles. The second-order valence-electron chi connectivity index (χ2n) is 18.7. The molecule has 0 amide bonds. The summed E-state index contributed by atoms with van der Waals surface area (Å²) in [6.45, 7) is 6.69. The number of ether oxygens (including phenoxy) is 1. The van der Waals surface area contributed by atoms with Crippen molar-refractivity contribution in [3.05, 3.63) is 94.7 Å². The molecule has 0 bridgehead atoms. The monoisotopic (exact) mass is 766 g/mol. The van der Waals surface area contributed by atoms with Crippen LogP contribution in [-0.2, 0) is 14.3 Å². The van der Waals surface area contributed by atoms with Crippen molar-refractivity contribution in [3.63, 3.8) is 0 Å². The zero-order valence-electron chi connectivity index (χ0n) is 36.8. The summed E-state index contributed by atoms with van der Waals surface area (Å²) in [6, 6.07) is 0.679. The van der Waals surface area contributed by atoms with Gasteiger partial charge in [-0.1, -0.05) is 66.2 Å². The first-order chi connectivity index (χ1) is 26.7. The predicted octanol–water partition coefficient (Wildman–Crippen LogP) is 9.09. The number of cyclic esters (lactones) is 1. The van der Waals surface area contributed by atoms with E-state index in [-0.39, 0.29) is 31.2 Å². The fourth-order valence-electron chi connectivity index (χ4n) is 10.6. The fourth-order valence-corrected chi connectivity index (χ4v) is 10.6. The van der Waals surface area contributed by atoms with Gasteiger partial charge in [-0.15, -0.1) is 0 Å². The molecule has 7 heteroatoms. The molecule has 56 heavy (non-hydrogen) atoms. The molecule has 1 saturated heterocycles. The van der Waals surface area contributed by atoms with Crippen molar-refractivity contribution < 1.29 is 25.4 Å². The summed E-state index contributed by atoms with van der Waals surface area (Å²) >= 11 is 0. The molecule has 1 aliphatic heterocycles. The van der Waals surface area contributed by atoms with E-state index in [1.807, 2.05) is 28.2 Å². The van der Waals surface area contributed by atoms with Gasteiger partial charge < -0.3 is 19.6 Å². The third-order valence-corrected chi connectivity index (χ3v) is 14.2. The number of fused-ring (bicyclic) bond motifs is 1. The van der Waals surface area contributed by atoms with E-state index < -0.39 is 11.6 Å². The van der Waals surface area contributed by atoms with Crippen LogP contribution in [0.15, 0.2) is 94.7 Å². The van der Waals surface area contributed by atoms with Crippen molar-refractivity contribution in [2.75, 3.05) is 42.3 Å². The third kappa shape index (κ3) is 8.94. The number of nitrogens with zero attached hydrogens (tertiary/aromatic N) is 3. The van der Waals surface area contributed by atoms with Crippen LogP contribution in [0.5, 0.6) is 0 Å². The molecule has 10 atom stereocenters. The number of carboxylic acid groups (broad SMARTS) is 1. The van der Waals surface area contributed by atoms with Gasteiger partial charge in [-0.25, -0.2) is 4.58 Å². The summed E-state index contributed by atoms with van der Waals surface area (Å²) in [7, 11) is 12.4. The Balaban J connectivity index is 0.000000214. The maximum atomic E-state index is 13.0. The van der Waals surface area contributed by atoms with Gasteiger partial charge in [0, 0.05) is 42.0 Å². The zero-order valence-corrected chi connectivity index (χ0v) is 35.8. The topological polar surface area (TPSA) is 73.1 Å². The van der Waals surface area contributed by atoms with Crippen molar-refractivity contribution in [2.45, 2.75) is 109 Å². The number of carbonyl (C=O) groups excluding carboxylic acids is 1. The number of hydrogen-bond donors (Lipinski definition) is 1. The molecule has 7 rings (SSSR count). The van der Waals surface area contributed by atoms with E-state index in [0.717, 1.165) is 69.9 Å². The van der Waals surface area contributed by atoms with Gasteiger partial charge in [-0.2, -0.15) is 0 Å². The zero-order chi connectivity index (χ0) is 40.3. The van der Waals surface area contributed by atoms with Gasteiger partial charge in [0.1, 0.15) is 19.7 Å². The Hall–Kier alpha value is -3.55. The average molecular weight is 766 g/mol. The lowest BCUT2D eigenvalue weighted by Gasteiger charge is -2.46. The van der Waals surface area contributed by atoms with Gasteiger partial charge >= 0.3 is 13.4 Å². The van der Waals surface area contributed by atoms with Gasteiger partial charge in [0.2, 0.25) is 0 Å². The number of likely N-dealkylation sites (N-methyl/N-ethyl adjacent to an activating group) is 2. The molecule has 7 aliphatic rings. The lowest BCUT2D eigenvalue weighted by molar-refractivity contribution is -0.462. The van der Waals surface area contributed by atoms with Crippen LogP contribution in [0.1, 0.15) is 92.8 Å². The maximum Gasteiger partial charge on any atom is 1.00 e. The molecule has 0 radical (unpaired) electrons. The van der Waals surface area contributed by atoms with Crippen LogP contribution in [-0.4, -0.2) is 97.1 Å². The Kier molecular flexibility index (Phi) is 13.5. The molecule has 1 N–H and O–H groups in total. The molecule has 0 aromatic rings. The van der Waals surface area contributed by atoms with Crippen molar-refractivity contribution in [3.8, 4) is 0 Å². The Morgan fingerprint density at radius 3 is 2.04 bits per heavy atom. The van der Waals surface area contributed by atoms with Gasteiger partial charge in [0.15, 0.2) is 5.71 Å². The SMILES string of the molecule is CC1=CCC(C(=C2C=CC(=[N+](C)C)C=C2)C2C=CC(N(C)C)CC2C(=O)O)CC1.CC1=CCC(C2(C3C=CC(N(C)C)CC3)OC(=O)C3CC(C)CC=C32)CC1.[H+]. The Morgan fingerprint density at radius 2 is 1.48 bits per heavy atom. The number of esters is 1. The number of carboxylic acids is 1. The van der Waals surface area contributed by atoms with E-state index >= 15 is 0 Å². The Bertz CT molecular complexity index is 1770. The Morgan fingerprint density at radius 1 is 0.821 bits per heavy atom. The smallest absolute Gasteiger partial charge is 0.481 e. The molecule has 1 heterocycles. The molecule has 304 valence electrons. The van der Waals surface area contributed by atoms with E-state index in [0.29, 0.717) is 36.1 Å². The van der Waals surface area contributed by atoms with E-state index in [9.17, 15) is 14.7 Å². The molecule has 10 unspecified atom stereocenters. The average Bonchev–Trinajstić information content (AvgIpc) is 3.48. The molecular weight excluding hydrogens is 695 g/mol. The minimum Gasteiger partial charge on any atom is -0.481 e. The minimum absolute atomic E-state index is 0. The lowest BCUT2D eigenvalue weighted by atomic mass is 9.62. The molecule has 0 spiro atoms. The van der Waals surface area contributed by atoms with Crippen molar-refractivity contribution >= 4 is 17.7 Å². The highest BCUT2D eigenvalue weighted by molar-refractivity contribution is 6.02. The third-order valence-electron chi connectivity index (χ3n) is 14.2. The van der Waals surface area contributed by atoms with Gasteiger partial charge in [-0.05, 0) is 148 Å². The van der Waals surface area contributed by atoms with Crippen LogP contribution in [0.25, 0.3) is 0 Å². The highest BCUT2D eigenvalue weighted by Gasteiger charge is 2.59. The molecule has 7 nitrogen and oxygen atoms in total. The van der Waals surface area contributed by atoms with Crippen LogP contribution < -0.4 is 0 Å². The number of carbonyl (C=O) groups is 2. The first-order valence-corrected chi connectivity index (χ1v) is 21.5. The van der Waals surface area contributed by atoms with Crippen LogP contribution >= 0.6 is 0 Å². The van der Waals surface area contributed by atoms with Crippen LogP contribution in [0.4, 0.5) is 0 Å². The van der Waals surface area contributed by atoms with Gasteiger partial charge in [0.25, 0.3) is 0 Å². The lowest BCUT2D eigenvalue weighted by Crippen LogP contribution is -2.48. The number of rotatable bonds is 7. The summed E-state index contributed by atoms with van der Waals surface area (Å²) in [4.78, 5) is 29.6. The van der Waals surface area contributed by atoms with Gasteiger partial charge in [-0.3, -0.25) is 9.59 Å².